The molecule has 1 heterocycles. The fraction of sp³-hybridized carbons (Fsp3) is 0.533. The quantitative estimate of drug-likeness (QED) is 0.838. The van der Waals surface area contributed by atoms with Crippen LogP contribution in [0.25, 0.3) is 0 Å². The Morgan fingerprint density at radius 2 is 2.00 bits per heavy atom. The standard InChI is InChI=1S/C15H23N3O3S/c1-18(2)14(12-6-4-3-5-7-12)10-16-15(19)17-13-8-9-22(20,21)11-13/h3-7,13-14H,8-11H2,1-2H3,(H2,16,17,19). The SMILES string of the molecule is CN(C)C(CNC(=O)NC1CCS(=O)(=O)C1)c1ccccc1. The lowest BCUT2D eigenvalue weighted by Gasteiger charge is -2.25. The number of carbonyl (C=O) groups is 1. The van der Waals surface area contributed by atoms with Crippen molar-refractivity contribution in [2.75, 3.05) is 32.1 Å². The average molecular weight is 325 g/mol. The van der Waals surface area contributed by atoms with Crippen LogP contribution in [0.5, 0.6) is 0 Å². The predicted molar refractivity (Wildman–Crippen MR) is 86.5 cm³/mol. The van der Waals surface area contributed by atoms with Crippen molar-refractivity contribution in [3.05, 3.63) is 35.9 Å². The zero-order chi connectivity index (χ0) is 16.2. The van der Waals surface area contributed by atoms with Gasteiger partial charge in [0.1, 0.15) is 0 Å². The number of nitrogens with one attached hydrogen (secondary N) is 2. The molecule has 1 aromatic rings. The molecule has 0 saturated carbocycles. The third-order valence-corrected chi connectivity index (χ3v) is 5.60. The van der Waals surface area contributed by atoms with Gasteiger partial charge in [0.2, 0.25) is 0 Å². The summed E-state index contributed by atoms with van der Waals surface area (Å²) in [5, 5.41) is 5.56. The fourth-order valence-corrected chi connectivity index (χ4v) is 4.28. The lowest BCUT2D eigenvalue weighted by atomic mass is 10.1. The minimum atomic E-state index is -2.98. The molecule has 0 aromatic heterocycles. The Balaban J connectivity index is 1.86. The molecule has 0 spiro atoms. The Morgan fingerprint density at radius 1 is 1.32 bits per heavy atom. The van der Waals surface area contributed by atoms with Crippen LogP contribution in [-0.2, 0) is 9.84 Å². The molecule has 22 heavy (non-hydrogen) atoms. The highest BCUT2D eigenvalue weighted by molar-refractivity contribution is 7.91. The summed E-state index contributed by atoms with van der Waals surface area (Å²) in [6, 6.07) is 9.41. The van der Waals surface area contributed by atoms with Crippen LogP contribution in [-0.4, -0.2) is 57.5 Å². The molecular formula is C15H23N3O3S. The Morgan fingerprint density at radius 3 is 2.55 bits per heavy atom. The molecule has 7 heteroatoms. The first-order valence-electron chi connectivity index (χ1n) is 7.33. The lowest BCUT2D eigenvalue weighted by molar-refractivity contribution is 0.230. The van der Waals surface area contributed by atoms with Gasteiger partial charge in [-0.25, -0.2) is 13.2 Å². The second-order valence-electron chi connectivity index (χ2n) is 5.84. The van der Waals surface area contributed by atoms with Crippen LogP contribution < -0.4 is 10.6 Å². The Kier molecular flexibility index (Phi) is 5.42. The number of hydrogen-bond acceptors (Lipinski definition) is 4. The molecule has 0 bridgehead atoms. The average Bonchev–Trinajstić information content (AvgIpc) is 2.79. The summed E-state index contributed by atoms with van der Waals surface area (Å²) in [6.45, 7) is 0.461. The van der Waals surface area contributed by atoms with Crippen LogP contribution in [0.15, 0.2) is 30.3 Å². The largest absolute Gasteiger partial charge is 0.336 e. The molecule has 2 unspecified atom stereocenters. The molecule has 1 aromatic carbocycles. The summed E-state index contributed by atoms with van der Waals surface area (Å²) in [6.07, 6.45) is 0.492. The second-order valence-corrected chi connectivity index (χ2v) is 8.07. The third kappa shape index (κ3) is 4.71. The van der Waals surface area contributed by atoms with Crippen molar-refractivity contribution in [2.24, 2.45) is 0 Å². The molecular weight excluding hydrogens is 302 g/mol. The van der Waals surface area contributed by atoms with E-state index in [2.05, 4.69) is 10.6 Å². The molecule has 2 N–H and O–H groups in total. The van der Waals surface area contributed by atoms with Crippen LogP contribution in [0.3, 0.4) is 0 Å². The zero-order valence-corrected chi connectivity index (χ0v) is 13.8. The molecule has 1 aliphatic heterocycles. The van der Waals surface area contributed by atoms with Crippen molar-refractivity contribution in [1.82, 2.24) is 15.5 Å². The summed E-state index contributed by atoms with van der Waals surface area (Å²) in [5.41, 5.74) is 1.12. The van der Waals surface area contributed by atoms with E-state index in [-0.39, 0.29) is 29.6 Å². The van der Waals surface area contributed by atoms with Crippen molar-refractivity contribution in [3.8, 4) is 0 Å². The molecule has 6 nitrogen and oxygen atoms in total. The molecule has 1 saturated heterocycles. The van der Waals surface area contributed by atoms with Gasteiger partial charge in [-0.1, -0.05) is 30.3 Å². The normalized spacial score (nSPS) is 21.5. The number of benzene rings is 1. The van der Waals surface area contributed by atoms with Crippen molar-refractivity contribution >= 4 is 15.9 Å². The highest BCUT2D eigenvalue weighted by atomic mass is 32.2. The van der Waals surface area contributed by atoms with Gasteiger partial charge in [0.25, 0.3) is 0 Å². The summed E-state index contributed by atoms with van der Waals surface area (Å²) in [4.78, 5) is 14.0. The maximum atomic E-state index is 11.9. The lowest BCUT2D eigenvalue weighted by Crippen LogP contribution is -2.45. The maximum absolute atomic E-state index is 11.9. The highest BCUT2D eigenvalue weighted by Crippen LogP contribution is 2.16. The molecule has 122 valence electrons. The number of amides is 2. The predicted octanol–water partition coefficient (Wildman–Crippen LogP) is 0.776. The molecule has 0 aliphatic carbocycles. The van der Waals surface area contributed by atoms with Crippen molar-refractivity contribution in [2.45, 2.75) is 18.5 Å². The van der Waals surface area contributed by atoms with E-state index in [9.17, 15) is 13.2 Å². The number of carbonyl (C=O) groups excluding carboxylic acids is 1. The van der Waals surface area contributed by atoms with E-state index >= 15 is 0 Å². The molecule has 2 rings (SSSR count). The van der Waals surface area contributed by atoms with Crippen molar-refractivity contribution in [3.63, 3.8) is 0 Å². The van der Waals surface area contributed by atoms with E-state index in [1.165, 1.54) is 0 Å². The maximum Gasteiger partial charge on any atom is 0.315 e. The molecule has 2 atom stereocenters. The fourth-order valence-electron chi connectivity index (χ4n) is 2.61. The molecule has 2 amide bonds. The van der Waals surface area contributed by atoms with E-state index in [4.69, 9.17) is 0 Å². The first-order valence-corrected chi connectivity index (χ1v) is 9.16. The van der Waals surface area contributed by atoms with E-state index in [1.807, 2.05) is 49.3 Å². The number of hydrogen-bond donors (Lipinski definition) is 2. The zero-order valence-electron chi connectivity index (χ0n) is 13.0. The van der Waals surface area contributed by atoms with E-state index in [1.54, 1.807) is 0 Å². The van der Waals surface area contributed by atoms with Gasteiger partial charge in [0.15, 0.2) is 9.84 Å². The topological polar surface area (TPSA) is 78.5 Å². The number of likely N-dealkylation sites (N-methyl/N-ethyl adjacent to an activating group) is 1. The van der Waals surface area contributed by atoms with Crippen LogP contribution in [0.2, 0.25) is 0 Å². The second kappa shape index (κ2) is 7.11. The summed E-state index contributed by atoms with van der Waals surface area (Å²) in [5.74, 6) is 0.193. The van der Waals surface area contributed by atoms with Crippen LogP contribution >= 0.6 is 0 Å². The number of nitrogens with zero attached hydrogens (tertiary/aromatic N) is 1. The van der Waals surface area contributed by atoms with Crippen LogP contribution in [0.4, 0.5) is 4.79 Å². The summed E-state index contributed by atoms with van der Waals surface area (Å²) in [7, 11) is 0.939. The van der Waals surface area contributed by atoms with Gasteiger partial charge in [-0.05, 0) is 26.1 Å². The highest BCUT2D eigenvalue weighted by Gasteiger charge is 2.29. The third-order valence-electron chi connectivity index (χ3n) is 3.83. The van der Waals surface area contributed by atoms with Crippen LogP contribution in [0, 0.1) is 0 Å². The summed E-state index contributed by atoms with van der Waals surface area (Å²) < 4.78 is 22.8. The van der Waals surface area contributed by atoms with Crippen molar-refractivity contribution < 1.29 is 13.2 Å². The van der Waals surface area contributed by atoms with E-state index < -0.39 is 9.84 Å². The first-order chi connectivity index (χ1) is 10.4. The Labute approximate surface area is 131 Å². The van der Waals surface area contributed by atoms with Gasteiger partial charge in [-0.3, -0.25) is 0 Å². The van der Waals surface area contributed by atoms with Gasteiger partial charge in [-0.15, -0.1) is 0 Å². The van der Waals surface area contributed by atoms with Gasteiger partial charge in [0, 0.05) is 12.6 Å². The summed E-state index contributed by atoms with van der Waals surface area (Å²) >= 11 is 0. The van der Waals surface area contributed by atoms with E-state index in [0.717, 1.165) is 5.56 Å². The number of rotatable bonds is 5. The first kappa shape index (κ1) is 16.8. The van der Waals surface area contributed by atoms with E-state index in [0.29, 0.717) is 13.0 Å². The van der Waals surface area contributed by atoms with Gasteiger partial charge in [0.05, 0.1) is 17.5 Å². The Bertz CT molecular complexity index is 602. The monoisotopic (exact) mass is 325 g/mol. The van der Waals surface area contributed by atoms with Gasteiger partial charge >= 0.3 is 6.03 Å². The molecule has 0 radical (unpaired) electrons. The van der Waals surface area contributed by atoms with Crippen molar-refractivity contribution in [1.29, 1.82) is 0 Å². The minimum Gasteiger partial charge on any atom is -0.336 e. The molecule has 1 fully saturated rings. The minimum absolute atomic E-state index is 0.0379. The number of urea groups is 1. The number of sulfone groups is 1. The Hall–Kier alpha value is -1.60. The molecule has 1 aliphatic rings. The van der Waals surface area contributed by atoms with Crippen LogP contribution in [0.1, 0.15) is 18.0 Å². The van der Waals surface area contributed by atoms with Gasteiger partial charge < -0.3 is 15.5 Å². The van der Waals surface area contributed by atoms with Gasteiger partial charge in [-0.2, -0.15) is 0 Å². The smallest absolute Gasteiger partial charge is 0.315 e.